The highest BCUT2D eigenvalue weighted by atomic mass is 15.3. The third-order valence-electron chi connectivity index (χ3n) is 3.42. The van der Waals surface area contributed by atoms with Crippen molar-refractivity contribution in [1.29, 1.82) is 0 Å². The summed E-state index contributed by atoms with van der Waals surface area (Å²) in [5.41, 5.74) is 3.65. The number of aromatic nitrogens is 2. The quantitative estimate of drug-likeness (QED) is 0.883. The van der Waals surface area contributed by atoms with Crippen molar-refractivity contribution in [1.82, 2.24) is 14.5 Å². The van der Waals surface area contributed by atoms with E-state index in [0.29, 0.717) is 0 Å². The molecule has 0 amide bonds. The van der Waals surface area contributed by atoms with E-state index in [1.807, 2.05) is 32.2 Å². The summed E-state index contributed by atoms with van der Waals surface area (Å²) in [6.07, 6.45) is 1.93. The minimum atomic E-state index is 0.766. The Balaban J connectivity index is 2.10. The highest BCUT2D eigenvalue weighted by Crippen LogP contribution is 2.18. The Hall–Kier alpha value is -2.01. The molecular weight excluding hydrogens is 262 g/mol. The van der Waals surface area contributed by atoms with E-state index in [2.05, 4.69) is 58.1 Å². The van der Waals surface area contributed by atoms with Gasteiger partial charge < -0.3 is 19.7 Å². The summed E-state index contributed by atoms with van der Waals surface area (Å²) in [5.74, 6) is 0.966. The van der Waals surface area contributed by atoms with E-state index >= 15 is 0 Å². The Morgan fingerprint density at radius 3 is 2.48 bits per heavy atom. The van der Waals surface area contributed by atoms with Gasteiger partial charge in [0, 0.05) is 33.4 Å². The van der Waals surface area contributed by atoms with Crippen molar-refractivity contribution in [3.8, 4) is 0 Å². The fraction of sp³-hybridized carbons (Fsp3) is 0.438. The fourth-order valence-electron chi connectivity index (χ4n) is 2.37. The number of hydrogen-bond acceptors (Lipinski definition) is 4. The zero-order valence-electron chi connectivity index (χ0n) is 13.6. The molecule has 0 atom stereocenters. The number of benzene rings is 1. The van der Waals surface area contributed by atoms with Crippen LogP contribution in [0.3, 0.4) is 0 Å². The lowest BCUT2D eigenvalue weighted by Gasteiger charge is -2.16. The van der Waals surface area contributed by atoms with Gasteiger partial charge in [-0.15, -0.1) is 0 Å². The maximum atomic E-state index is 4.44. The monoisotopic (exact) mass is 287 g/mol. The van der Waals surface area contributed by atoms with Gasteiger partial charge in [-0.2, -0.15) is 0 Å². The number of anilines is 2. The third-order valence-corrected chi connectivity index (χ3v) is 3.42. The Bertz CT molecular complexity index is 586. The van der Waals surface area contributed by atoms with Crippen molar-refractivity contribution < 1.29 is 0 Å². The van der Waals surface area contributed by atoms with Crippen molar-refractivity contribution in [3.05, 3.63) is 41.7 Å². The lowest BCUT2D eigenvalue weighted by molar-refractivity contribution is 0.403. The summed E-state index contributed by atoms with van der Waals surface area (Å²) < 4.78 is 2.11. The van der Waals surface area contributed by atoms with Gasteiger partial charge in [-0.1, -0.05) is 18.2 Å². The molecule has 1 heterocycles. The second-order valence-corrected chi connectivity index (χ2v) is 5.75. The van der Waals surface area contributed by atoms with E-state index in [9.17, 15) is 0 Å². The average Bonchev–Trinajstić information content (AvgIpc) is 2.78. The molecule has 0 aliphatic rings. The zero-order valence-corrected chi connectivity index (χ0v) is 13.6. The molecule has 1 aromatic carbocycles. The molecule has 5 heteroatoms. The number of imidazole rings is 1. The highest BCUT2D eigenvalue weighted by molar-refractivity contribution is 5.51. The molecule has 0 spiro atoms. The van der Waals surface area contributed by atoms with E-state index in [1.165, 1.54) is 16.9 Å². The lowest BCUT2D eigenvalue weighted by atomic mass is 10.1. The predicted octanol–water partition coefficient (Wildman–Crippen LogP) is 2.16. The second-order valence-electron chi connectivity index (χ2n) is 5.75. The van der Waals surface area contributed by atoms with Gasteiger partial charge in [0.15, 0.2) is 0 Å². The average molecular weight is 287 g/mol. The Morgan fingerprint density at radius 2 is 1.86 bits per heavy atom. The molecule has 114 valence electrons. The molecule has 21 heavy (non-hydrogen) atoms. The second kappa shape index (κ2) is 6.63. The summed E-state index contributed by atoms with van der Waals surface area (Å²) in [6, 6.07) is 8.44. The molecular formula is C16H25N5. The Kier molecular flexibility index (Phi) is 4.85. The first-order valence-corrected chi connectivity index (χ1v) is 7.13. The first-order valence-electron chi connectivity index (χ1n) is 7.13. The molecule has 0 bridgehead atoms. The van der Waals surface area contributed by atoms with Crippen LogP contribution in [0, 0.1) is 0 Å². The van der Waals surface area contributed by atoms with E-state index in [-0.39, 0.29) is 0 Å². The van der Waals surface area contributed by atoms with Crippen LogP contribution < -0.4 is 10.2 Å². The normalized spacial score (nSPS) is 11.0. The standard InChI is InChI=1S/C16H25N5/c1-19(2)12-13-8-6-7-9-15(13)17-10-14-11-18-16(20(3)4)21(14)5/h6-9,11,17H,10,12H2,1-5H3. The summed E-state index contributed by atoms with van der Waals surface area (Å²) in [6.45, 7) is 1.69. The zero-order chi connectivity index (χ0) is 15.4. The molecule has 5 nitrogen and oxygen atoms in total. The van der Waals surface area contributed by atoms with Crippen molar-refractivity contribution in [2.24, 2.45) is 7.05 Å². The highest BCUT2D eigenvalue weighted by Gasteiger charge is 2.09. The largest absolute Gasteiger partial charge is 0.379 e. The molecule has 0 saturated heterocycles. The molecule has 0 radical (unpaired) electrons. The Labute approximate surface area is 127 Å². The first kappa shape index (κ1) is 15.4. The number of nitrogens with zero attached hydrogens (tertiary/aromatic N) is 4. The maximum Gasteiger partial charge on any atom is 0.204 e. The molecule has 0 aliphatic heterocycles. The van der Waals surface area contributed by atoms with Crippen LogP contribution in [-0.2, 0) is 20.1 Å². The van der Waals surface area contributed by atoms with Crippen LogP contribution in [0.4, 0.5) is 11.6 Å². The fourth-order valence-corrected chi connectivity index (χ4v) is 2.37. The first-order chi connectivity index (χ1) is 9.99. The maximum absolute atomic E-state index is 4.44. The van der Waals surface area contributed by atoms with Gasteiger partial charge in [-0.3, -0.25) is 0 Å². The molecule has 1 aromatic heterocycles. The van der Waals surface area contributed by atoms with E-state index in [0.717, 1.165) is 19.0 Å². The molecule has 1 N–H and O–H groups in total. The SMILES string of the molecule is CN(C)Cc1ccccc1NCc1cnc(N(C)C)n1C. The minimum Gasteiger partial charge on any atom is -0.379 e. The van der Waals surface area contributed by atoms with Crippen molar-refractivity contribution in [3.63, 3.8) is 0 Å². The van der Waals surface area contributed by atoms with Crippen LogP contribution in [0.15, 0.2) is 30.5 Å². The Morgan fingerprint density at radius 1 is 1.14 bits per heavy atom. The molecule has 2 aromatic rings. The molecule has 0 fully saturated rings. The van der Waals surface area contributed by atoms with Gasteiger partial charge >= 0.3 is 0 Å². The topological polar surface area (TPSA) is 36.3 Å². The predicted molar refractivity (Wildman–Crippen MR) is 88.7 cm³/mol. The number of rotatable bonds is 6. The van der Waals surface area contributed by atoms with Crippen LogP contribution in [0.2, 0.25) is 0 Å². The van der Waals surface area contributed by atoms with Crippen LogP contribution >= 0.6 is 0 Å². The van der Waals surface area contributed by atoms with Gasteiger partial charge in [0.2, 0.25) is 5.95 Å². The van der Waals surface area contributed by atoms with Crippen molar-refractivity contribution in [2.45, 2.75) is 13.1 Å². The summed E-state index contributed by atoms with van der Waals surface area (Å²) in [4.78, 5) is 8.63. The molecule has 0 saturated carbocycles. The van der Waals surface area contributed by atoms with Crippen LogP contribution in [0.25, 0.3) is 0 Å². The molecule has 2 rings (SSSR count). The van der Waals surface area contributed by atoms with Crippen LogP contribution in [-0.4, -0.2) is 42.6 Å². The van der Waals surface area contributed by atoms with Crippen molar-refractivity contribution in [2.75, 3.05) is 38.4 Å². The van der Waals surface area contributed by atoms with Crippen LogP contribution in [0.1, 0.15) is 11.3 Å². The summed E-state index contributed by atoms with van der Waals surface area (Å²) in [5, 5.41) is 3.52. The van der Waals surface area contributed by atoms with E-state index in [4.69, 9.17) is 0 Å². The summed E-state index contributed by atoms with van der Waals surface area (Å²) in [7, 11) is 10.2. The number of hydrogen-bond donors (Lipinski definition) is 1. The summed E-state index contributed by atoms with van der Waals surface area (Å²) >= 11 is 0. The third kappa shape index (κ3) is 3.76. The van der Waals surface area contributed by atoms with Crippen LogP contribution in [0.5, 0.6) is 0 Å². The van der Waals surface area contributed by atoms with E-state index in [1.54, 1.807) is 0 Å². The van der Waals surface area contributed by atoms with Crippen molar-refractivity contribution >= 4 is 11.6 Å². The van der Waals surface area contributed by atoms with E-state index < -0.39 is 0 Å². The van der Waals surface area contributed by atoms with Gasteiger partial charge in [0.1, 0.15) is 0 Å². The van der Waals surface area contributed by atoms with Gasteiger partial charge in [0.05, 0.1) is 18.4 Å². The minimum absolute atomic E-state index is 0.766. The molecule has 0 unspecified atom stereocenters. The number of nitrogens with one attached hydrogen (secondary N) is 1. The lowest BCUT2D eigenvalue weighted by Crippen LogP contribution is -2.16. The van der Waals surface area contributed by atoms with Gasteiger partial charge in [-0.25, -0.2) is 4.98 Å². The number of para-hydroxylation sites is 1. The van der Waals surface area contributed by atoms with Gasteiger partial charge in [0.25, 0.3) is 0 Å². The van der Waals surface area contributed by atoms with Gasteiger partial charge in [-0.05, 0) is 25.7 Å². The molecule has 0 aliphatic carbocycles. The smallest absolute Gasteiger partial charge is 0.204 e.